The highest BCUT2D eigenvalue weighted by molar-refractivity contribution is 5.30. The van der Waals surface area contributed by atoms with E-state index in [0.717, 1.165) is 0 Å². The van der Waals surface area contributed by atoms with Gasteiger partial charge < -0.3 is 19.1 Å². The maximum absolute atomic E-state index is 9.11. The van der Waals surface area contributed by atoms with Gasteiger partial charge in [0.05, 0.1) is 0 Å². The molecule has 5 heteroatoms. The van der Waals surface area contributed by atoms with E-state index in [1.54, 1.807) is 37.4 Å². The van der Waals surface area contributed by atoms with Gasteiger partial charge >= 0.3 is 0 Å². The van der Waals surface area contributed by atoms with Crippen LogP contribution in [0.1, 0.15) is 11.5 Å². The zero-order chi connectivity index (χ0) is 12.1. The van der Waals surface area contributed by atoms with Gasteiger partial charge in [0.25, 0.3) is 0 Å². The summed E-state index contributed by atoms with van der Waals surface area (Å²) in [7, 11) is 1.59. The second-order valence-corrected chi connectivity index (χ2v) is 3.50. The Bertz CT molecular complexity index is 464. The van der Waals surface area contributed by atoms with Crippen molar-refractivity contribution in [2.24, 2.45) is 0 Å². The van der Waals surface area contributed by atoms with Crippen LogP contribution >= 0.6 is 0 Å². The number of phenols is 1. The number of benzene rings is 1. The summed E-state index contributed by atoms with van der Waals surface area (Å²) in [5.74, 6) is 1.54. The summed E-state index contributed by atoms with van der Waals surface area (Å²) in [5.41, 5.74) is 0.699. The molecule has 0 atom stereocenters. The molecular weight excluding hydrogens is 222 g/mol. The second-order valence-electron chi connectivity index (χ2n) is 3.50. The van der Waals surface area contributed by atoms with Crippen LogP contribution in [0.3, 0.4) is 0 Å². The van der Waals surface area contributed by atoms with Gasteiger partial charge in [-0.3, -0.25) is 0 Å². The smallest absolute Gasteiger partial charge is 0.162 e. The average molecular weight is 235 g/mol. The first kappa shape index (κ1) is 11.5. The van der Waals surface area contributed by atoms with E-state index in [1.165, 1.54) is 0 Å². The second kappa shape index (κ2) is 5.36. The molecule has 1 aromatic carbocycles. The number of phenolic OH excluding ortho intramolecular Hbond substituents is 1. The number of methoxy groups -OCH3 is 1. The highest BCUT2D eigenvalue weighted by atomic mass is 16.5. The number of ether oxygens (including phenoxy) is 2. The van der Waals surface area contributed by atoms with Crippen molar-refractivity contribution >= 4 is 0 Å². The largest absolute Gasteiger partial charge is 0.508 e. The molecule has 0 aliphatic heterocycles. The first-order valence-corrected chi connectivity index (χ1v) is 5.13. The molecule has 1 aromatic heterocycles. The first-order chi connectivity index (χ1) is 8.28. The van der Waals surface area contributed by atoms with Crippen LogP contribution in [-0.4, -0.2) is 17.4 Å². The van der Waals surface area contributed by atoms with Crippen LogP contribution in [0.25, 0.3) is 0 Å². The zero-order valence-corrected chi connectivity index (χ0v) is 9.42. The van der Waals surface area contributed by atoms with E-state index in [-0.39, 0.29) is 5.75 Å². The summed E-state index contributed by atoms with van der Waals surface area (Å²) in [4.78, 5) is 0. The van der Waals surface area contributed by atoms with Gasteiger partial charge in [0.1, 0.15) is 30.4 Å². The molecule has 0 amide bonds. The third-order valence-electron chi connectivity index (χ3n) is 2.12. The molecule has 0 aliphatic rings. The maximum Gasteiger partial charge on any atom is 0.162 e. The molecule has 2 rings (SSSR count). The van der Waals surface area contributed by atoms with E-state index in [2.05, 4.69) is 5.16 Å². The summed E-state index contributed by atoms with van der Waals surface area (Å²) < 4.78 is 15.4. The van der Waals surface area contributed by atoms with Crippen molar-refractivity contribution < 1.29 is 19.1 Å². The predicted molar refractivity (Wildman–Crippen MR) is 59.7 cm³/mol. The third-order valence-corrected chi connectivity index (χ3v) is 2.12. The van der Waals surface area contributed by atoms with Crippen molar-refractivity contribution in [3.63, 3.8) is 0 Å². The number of hydrogen-bond donors (Lipinski definition) is 1. The Morgan fingerprint density at radius 3 is 2.71 bits per heavy atom. The molecule has 17 heavy (non-hydrogen) atoms. The fourth-order valence-electron chi connectivity index (χ4n) is 1.33. The molecule has 1 heterocycles. The van der Waals surface area contributed by atoms with E-state index in [1.807, 2.05) is 0 Å². The molecular formula is C12H13NO4. The number of nitrogens with zero attached hydrogens (tertiary/aromatic N) is 1. The minimum atomic E-state index is 0.209. The van der Waals surface area contributed by atoms with Gasteiger partial charge in [-0.05, 0) is 24.3 Å². The molecule has 5 nitrogen and oxygen atoms in total. The number of rotatable bonds is 5. The molecule has 0 spiro atoms. The number of aromatic hydroxyl groups is 1. The Balaban J connectivity index is 1.90. The molecule has 1 N–H and O–H groups in total. The Labute approximate surface area is 98.6 Å². The van der Waals surface area contributed by atoms with Crippen molar-refractivity contribution in [2.75, 3.05) is 7.11 Å². The van der Waals surface area contributed by atoms with Crippen molar-refractivity contribution in [1.82, 2.24) is 5.16 Å². The summed E-state index contributed by atoms with van der Waals surface area (Å²) in [6.45, 7) is 0.712. The van der Waals surface area contributed by atoms with E-state index in [0.29, 0.717) is 30.4 Å². The van der Waals surface area contributed by atoms with E-state index in [9.17, 15) is 0 Å². The van der Waals surface area contributed by atoms with Gasteiger partial charge in [-0.1, -0.05) is 5.16 Å². The molecule has 0 bridgehead atoms. The minimum absolute atomic E-state index is 0.209. The number of aromatic nitrogens is 1. The average Bonchev–Trinajstić information content (AvgIpc) is 2.77. The molecule has 0 saturated heterocycles. The number of hydrogen-bond acceptors (Lipinski definition) is 5. The third kappa shape index (κ3) is 3.22. The summed E-state index contributed by atoms with van der Waals surface area (Å²) in [6.07, 6.45) is 0. The van der Waals surface area contributed by atoms with Crippen LogP contribution in [0.2, 0.25) is 0 Å². The van der Waals surface area contributed by atoms with Crippen LogP contribution in [0.4, 0.5) is 0 Å². The molecule has 2 aromatic rings. The monoisotopic (exact) mass is 235 g/mol. The van der Waals surface area contributed by atoms with Crippen molar-refractivity contribution in [3.8, 4) is 11.5 Å². The van der Waals surface area contributed by atoms with Gasteiger partial charge in [-0.2, -0.15) is 0 Å². The van der Waals surface area contributed by atoms with Crippen molar-refractivity contribution in [3.05, 3.63) is 41.8 Å². The van der Waals surface area contributed by atoms with Gasteiger partial charge in [0.15, 0.2) is 5.76 Å². The normalized spacial score (nSPS) is 10.4. The lowest BCUT2D eigenvalue weighted by Gasteiger charge is -2.02. The molecule has 0 fully saturated rings. The lowest BCUT2D eigenvalue weighted by atomic mass is 10.3. The van der Waals surface area contributed by atoms with Crippen LogP contribution in [0.15, 0.2) is 34.9 Å². The molecule has 0 aliphatic carbocycles. The Kier molecular flexibility index (Phi) is 3.62. The Morgan fingerprint density at radius 1 is 1.24 bits per heavy atom. The van der Waals surface area contributed by atoms with Gasteiger partial charge in [-0.15, -0.1) is 0 Å². The van der Waals surface area contributed by atoms with Gasteiger partial charge in [0, 0.05) is 13.2 Å². The van der Waals surface area contributed by atoms with Crippen LogP contribution in [-0.2, 0) is 18.0 Å². The first-order valence-electron chi connectivity index (χ1n) is 5.13. The lowest BCUT2D eigenvalue weighted by molar-refractivity contribution is 0.155. The van der Waals surface area contributed by atoms with Gasteiger partial charge in [0.2, 0.25) is 0 Å². The quantitative estimate of drug-likeness (QED) is 0.859. The van der Waals surface area contributed by atoms with E-state index in [4.69, 9.17) is 19.1 Å². The highest BCUT2D eigenvalue weighted by Crippen LogP contribution is 2.17. The summed E-state index contributed by atoms with van der Waals surface area (Å²) in [6, 6.07) is 8.28. The summed E-state index contributed by atoms with van der Waals surface area (Å²) >= 11 is 0. The van der Waals surface area contributed by atoms with E-state index >= 15 is 0 Å². The molecule has 0 unspecified atom stereocenters. The van der Waals surface area contributed by atoms with Crippen LogP contribution in [0, 0.1) is 0 Å². The Hall–Kier alpha value is -2.01. The SMILES string of the molecule is COCc1cc(COc2ccc(O)cc2)no1. The zero-order valence-electron chi connectivity index (χ0n) is 9.42. The molecule has 0 radical (unpaired) electrons. The standard InChI is InChI=1S/C12H13NO4/c1-15-8-12-6-9(13-17-12)7-16-11-4-2-10(14)3-5-11/h2-6,14H,7-8H2,1H3. The minimum Gasteiger partial charge on any atom is -0.508 e. The molecule has 0 saturated carbocycles. The summed E-state index contributed by atoms with van der Waals surface area (Å²) in [5, 5.41) is 12.9. The topological polar surface area (TPSA) is 64.7 Å². The van der Waals surface area contributed by atoms with Crippen molar-refractivity contribution in [1.29, 1.82) is 0 Å². The van der Waals surface area contributed by atoms with Crippen LogP contribution in [0.5, 0.6) is 11.5 Å². The van der Waals surface area contributed by atoms with Crippen LogP contribution < -0.4 is 4.74 Å². The van der Waals surface area contributed by atoms with E-state index < -0.39 is 0 Å². The Morgan fingerprint density at radius 2 is 2.00 bits per heavy atom. The maximum atomic E-state index is 9.11. The fraction of sp³-hybridized carbons (Fsp3) is 0.250. The van der Waals surface area contributed by atoms with Crippen molar-refractivity contribution in [2.45, 2.75) is 13.2 Å². The van der Waals surface area contributed by atoms with Gasteiger partial charge in [-0.25, -0.2) is 0 Å². The lowest BCUT2D eigenvalue weighted by Crippen LogP contribution is -1.94. The predicted octanol–water partition coefficient (Wildman–Crippen LogP) is 2.11. The highest BCUT2D eigenvalue weighted by Gasteiger charge is 2.04. The molecule has 90 valence electrons. The fourth-order valence-corrected chi connectivity index (χ4v) is 1.33.